The van der Waals surface area contributed by atoms with E-state index < -0.39 is 0 Å². The fourth-order valence-corrected chi connectivity index (χ4v) is 2.50. The van der Waals surface area contributed by atoms with Gasteiger partial charge in [0.25, 0.3) is 0 Å². The van der Waals surface area contributed by atoms with E-state index in [9.17, 15) is 4.79 Å². The smallest absolute Gasteiger partial charge is 0.244 e. The molecule has 0 fully saturated rings. The Labute approximate surface area is 159 Å². The van der Waals surface area contributed by atoms with Gasteiger partial charge >= 0.3 is 0 Å². The van der Waals surface area contributed by atoms with Crippen LogP contribution in [0.3, 0.4) is 0 Å². The molecule has 0 aliphatic rings. The molecule has 0 aliphatic heterocycles. The molecule has 3 aromatic rings. The molecule has 1 amide bonds. The van der Waals surface area contributed by atoms with Crippen molar-refractivity contribution in [2.45, 2.75) is 20.0 Å². The number of aryl methyl sites for hydroxylation is 1. The molecule has 4 nitrogen and oxygen atoms in total. The molecule has 3 rings (SSSR count). The topological polar surface area (TPSA) is 50.7 Å². The van der Waals surface area contributed by atoms with Gasteiger partial charge in [0.15, 0.2) is 0 Å². The summed E-state index contributed by atoms with van der Waals surface area (Å²) in [7, 11) is 0. The van der Waals surface area contributed by atoms with Crippen molar-refractivity contribution in [1.29, 1.82) is 0 Å². The first kappa shape index (κ1) is 18.4. The Kier molecular flexibility index (Phi) is 6.36. The molecular formula is C23H22N2O2. The van der Waals surface area contributed by atoms with E-state index in [0.29, 0.717) is 13.0 Å². The van der Waals surface area contributed by atoms with Gasteiger partial charge in [0.05, 0.1) is 12.6 Å². The number of benzene rings is 3. The summed E-state index contributed by atoms with van der Waals surface area (Å²) in [5.41, 5.74) is 6.76. The minimum atomic E-state index is -0.143. The second-order valence-electron chi connectivity index (χ2n) is 6.30. The summed E-state index contributed by atoms with van der Waals surface area (Å²) in [6.07, 6.45) is 1.93. The lowest BCUT2D eigenvalue weighted by Gasteiger charge is -2.07. The van der Waals surface area contributed by atoms with Crippen LogP contribution in [0.15, 0.2) is 84.0 Å². The number of nitrogens with zero attached hydrogens (tertiary/aromatic N) is 1. The lowest BCUT2D eigenvalue weighted by molar-refractivity contribution is -0.120. The number of hydrogen-bond acceptors (Lipinski definition) is 3. The van der Waals surface area contributed by atoms with Crippen LogP contribution in [0.5, 0.6) is 5.75 Å². The van der Waals surface area contributed by atoms with Gasteiger partial charge in [0.1, 0.15) is 12.4 Å². The van der Waals surface area contributed by atoms with Crippen LogP contribution in [-0.4, -0.2) is 12.1 Å². The maximum atomic E-state index is 11.9. The van der Waals surface area contributed by atoms with Gasteiger partial charge in [0, 0.05) is 0 Å². The number of amides is 1. The Hall–Kier alpha value is -3.40. The Morgan fingerprint density at radius 2 is 1.63 bits per heavy atom. The third-order valence-electron chi connectivity index (χ3n) is 4.02. The molecule has 0 unspecified atom stereocenters. The molecule has 0 bridgehead atoms. The van der Waals surface area contributed by atoms with Crippen LogP contribution in [0.4, 0.5) is 0 Å². The number of hydrogen-bond donors (Lipinski definition) is 1. The average Bonchev–Trinajstić information content (AvgIpc) is 2.69. The van der Waals surface area contributed by atoms with E-state index >= 15 is 0 Å². The Bertz CT molecular complexity index is 886. The van der Waals surface area contributed by atoms with Crippen molar-refractivity contribution >= 4 is 12.1 Å². The molecule has 1 N–H and O–H groups in total. The molecule has 27 heavy (non-hydrogen) atoms. The molecule has 0 spiro atoms. The van der Waals surface area contributed by atoms with Gasteiger partial charge in [-0.2, -0.15) is 5.10 Å². The predicted molar refractivity (Wildman–Crippen MR) is 108 cm³/mol. The molecule has 0 heterocycles. The second kappa shape index (κ2) is 9.34. The van der Waals surface area contributed by atoms with Gasteiger partial charge in [-0.1, -0.05) is 60.2 Å². The lowest BCUT2D eigenvalue weighted by atomic mass is 10.1. The number of ether oxygens (including phenoxy) is 1. The third kappa shape index (κ3) is 6.12. The normalized spacial score (nSPS) is 10.7. The molecule has 0 aromatic heterocycles. The van der Waals surface area contributed by atoms with Crippen LogP contribution in [0.2, 0.25) is 0 Å². The Morgan fingerprint density at radius 1 is 0.926 bits per heavy atom. The number of hydrazone groups is 1. The van der Waals surface area contributed by atoms with E-state index in [1.165, 1.54) is 5.56 Å². The Balaban J connectivity index is 1.46. The molecular weight excluding hydrogens is 336 g/mol. The first-order valence-electron chi connectivity index (χ1n) is 8.83. The molecule has 3 aromatic carbocycles. The fraction of sp³-hybridized carbons (Fsp3) is 0.130. The van der Waals surface area contributed by atoms with Crippen LogP contribution in [0.1, 0.15) is 22.3 Å². The minimum absolute atomic E-state index is 0.143. The van der Waals surface area contributed by atoms with Crippen LogP contribution in [0.25, 0.3) is 0 Å². The van der Waals surface area contributed by atoms with E-state index in [1.807, 2.05) is 54.6 Å². The zero-order chi connectivity index (χ0) is 18.9. The van der Waals surface area contributed by atoms with Crippen LogP contribution in [-0.2, 0) is 17.8 Å². The summed E-state index contributed by atoms with van der Waals surface area (Å²) in [6, 6.07) is 25.4. The maximum Gasteiger partial charge on any atom is 0.244 e. The van der Waals surface area contributed by atoms with Crippen molar-refractivity contribution in [3.8, 4) is 5.75 Å². The van der Waals surface area contributed by atoms with Crippen LogP contribution >= 0.6 is 0 Å². The summed E-state index contributed by atoms with van der Waals surface area (Å²) in [5.74, 6) is 0.649. The van der Waals surface area contributed by atoms with Gasteiger partial charge < -0.3 is 4.74 Å². The second-order valence-corrected chi connectivity index (χ2v) is 6.30. The van der Waals surface area contributed by atoms with Crippen LogP contribution < -0.4 is 10.2 Å². The van der Waals surface area contributed by atoms with E-state index in [4.69, 9.17) is 4.74 Å². The molecule has 0 saturated heterocycles. The van der Waals surface area contributed by atoms with E-state index in [0.717, 1.165) is 22.4 Å². The lowest BCUT2D eigenvalue weighted by Crippen LogP contribution is -2.19. The zero-order valence-corrected chi connectivity index (χ0v) is 15.3. The highest BCUT2D eigenvalue weighted by molar-refractivity contribution is 5.83. The van der Waals surface area contributed by atoms with Gasteiger partial charge in [-0.05, 0) is 47.9 Å². The SMILES string of the molecule is Cc1ccc(COc2ccc(/C=N\NC(=O)Cc3ccccc3)cc2)cc1. The number of carbonyl (C=O) groups is 1. The monoisotopic (exact) mass is 358 g/mol. The summed E-state index contributed by atoms with van der Waals surface area (Å²) < 4.78 is 5.78. The van der Waals surface area contributed by atoms with Crippen molar-refractivity contribution in [1.82, 2.24) is 5.43 Å². The zero-order valence-electron chi connectivity index (χ0n) is 15.3. The fourth-order valence-electron chi connectivity index (χ4n) is 2.50. The van der Waals surface area contributed by atoms with E-state index in [-0.39, 0.29) is 5.91 Å². The van der Waals surface area contributed by atoms with Crippen LogP contribution in [0, 0.1) is 6.92 Å². The van der Waals surface area contributed by atoms with Crippen molar-refractivity contribution in [3.05, 3.63) is 101 Å². The first-order valence-corrected chi connectivity index (χ1v) is 8.83. The van der Waals surface area contributed by atoms with Gasteiger partial charge in [-0.15, -0.1) is 0 Å². The largest absolute Gasteiger partial charge is 0.489 e. The van der Waals surface area contributed by atoms with Gasteiger partial charge in [-0.25, -0.2) is 5.43 Å². The summed E-state index contributed by atoms with van der Waals surface area (Å²) >= 11 is 0. The van der Waals surface area contributed by atoms with Gasteiger partial charge in [0.2, 0.25) is 5.91 Å². The number of rotatable bonds is 7. The highest BCUT2D eigenvalue weighted by Crippen LogP contribution is 2.14. The van der Waals surface area contributed by atoms with E-state index in [1.54, 1.807) is 6.21 Å². The predicted octanol–water partition coefficient (Wildman–Crippen LogP) is 4.27. The highest BCUT2D eigenvalue weighted by Gasteiger charge is 2.01. The summed E-state index contributed by atoms with van der Waals surface area (Å²) in [5, 5.41) is 4.00. The molecule has 136 valence electrons. The minimum Gasteiger partial charge on any atom is -0.489 e. The van der Waals surface area contributed by atoms with E-state index in [2.05, 4.69) is 41.7 Å². The highest BCUT2D eigenvalue weighted by atomic mass is 16.5. The van der Waals surface area contributed by atoms with Gasteiger partial charge in [-0.3, -0.25) is 4.79 Å². The number of carbonyl (C=O) groups excluding carboxylic acids is 1. The molecule has 0 radical (unpaired) electrons. The van der Waals surface area contributed by atoms with Crippen molar-refractivity contribution < 1.29 is 9.53 Å². The van der Waals surface area contributed by atoms with Crippen molar-refractivity contribution in [2.24, 2.45) is 5.10 Å². The first-order chi connectivity index (χ1) is 13.2. The summed E-state index contributed by atoms with van der Waals surface area (Å²) in [6.45, 7) is 2.60. The number of nitrogens with one attached hydrogen (secondary N) is 1. The molecule has 4 heteroatoms. The third-order valence-corrected chi connectivity index (χ3v) is 4.02. The van der Waals surface area contributed by atoms with Crippen molar-refractivity contribution in [2.75, 3.05) is 0 Å². The maximum absolute atomic E-state index is 11.9. The Morgan fingerprint density at radius 3 is 2.33 bits per heavy atom. The summed E-state index contributed by atoms with van der Waals surface area (Å²) in [4.78, 5) is 11.9. The quantitative estimate of drug-likeness (QED) is 0.507. The molecule has 0 saturated carbocycles. The standard InChI is InChI=1S/C23H22N2O2/c1-18-7-9-21(10-8-18)17-27-22-13-11-20(12-14-22)16-24-25-23(26)15-19-5-3-2-4-6-19/h2-14,16H,15,17H2,1H3,(H,25,26)/b24-16-. The molecule has 0 atom stereocenters. The average molecular weight is 358 g/mol. The van der Waals surface area contributed by atoms with Crippen molar-refractivity contribution in [3.63, 3.8) is 0 Å². The molecule has 0 aliphatic carbocycles.